The van der Waals surface area contributed by atoms with E-state index in [1.807, 2.05) is 7.05 Å². The minimum absolute atomic E-state index is 0.00343. The summed E-state index contributed by atoms with van der Waals surface area (Å²) in [6, 6.07) is 9.09. The van der Waals surface area contributed by atoms with E-state index >= 15 is 4.39 Å². The zero-order valence-corrected chi connectivity index (χ0v) is 25.6. The van der Waals surface area contributed by atoms with E-state index < -0.39 is 23.8 Å². The van der Waals surface area contributed by atoms with Crippen molar-refractivity contribution in [3.63, 3.8) is 0 Å². The van der Waals surface area contributed by atoms with Gasteiger partial charge in [-0.1, -0.05) is 44.4 Å². The first kappa shape index (κ1) is 32.9. The zero-order chi connectivity index (χ0) is 31.6. The van der Waals surface area contributed by atoms with Crippen molar-refractivity contribution in [2.24, 2.45) is 5.92 Å². The minimum Gasteiger partial charge on any atom is -0.508 e. The molecule has 4 rings (SSSR count). The Morgan fingerprint density at radius 3 is 2.32 bits per heavy atom. The van der Waals surface area contributed by atoms with E-state index in [4.69, 9.17) is 0 Å². The molecule has 1 saturated carbocycles. The van der Waals surface area contributed by atoms with Crippen LogP contribution < -0.4 is 16.0 Å². The molecule has 10 nitrogen and oxygen atoms in total. The fourth-order valence-corrected chi connectivity index (χ4v) is 5.92. The van der Waals surface area contributed by atoms with Crippen molar-refractivity contribution in [2.75, 3.05) is 38.5 Å². The van der Waals surface area contributed by atoms with Gasteiger partial charge in [0.15, 0.2) is 0 Å². The van der Waals surface area contributed by atoms with E-state index in [1.165, 1.54) is 24.3 Å². The molecular weight excluding hydrogens is 565 g/mol. The van der Waals surface area contributed by atoms with Gasteiger partial charge in [0.25, 0.3) is 0 Å². The third-order valence-corrected chi connectivity index (χ3v) is 8.50. The van der Waals surface area contributed by atoms with Crippen LogP contribution in [0.25, 0.3) is 0 Å². The average molecular weight is 610 g/mol. The summed E-state index contributed by atoms with van der Waals surface area (Å²) in [7, 11) is 1.99. The van der Waals surface area contributed by atoms with Gasteiger partial charge in [-0.2, -0.15) is 0 Å². The molecule has 2 aromatic carbocycles. The van der Waals surface area contributed by atoms with Crippen LogP contribution in [0.2, 0.25) is 0 Å². The van der Waals surface area contributed by atoms with Gasteiger partial charge >= 0.3 is 0 Å². The molecular formula is C33H44FN5O5. The van der Waals surface area contributed by atoms with Gasteiger partial charge < -0.3 is 30.9 Å². The van der Waals surface area contributed by atoms with E-state index in [2.05, 4.69) is 20.9 Å². The highest BCUT2D eigenvalue weighted by Crippen LogP contribution is 2.28. The molecule has 0 unspecified atom stereocenters. The van der Waals surface area contributed by atoms with E-state index in [9.17, 15) is 24.3 Å². The van der Waals surface area contributed by atoms with Gasteiger partial charge in [-0.25, -0.2) is 4.39 Å². The Morgan fingerprint density at radius 1 is 0.932 bits per heavy atom. The van der Waals surface area contributed by atoms with E-state index in [0.717, 1.165) is 45.2 Å². The molecule has 4 N–H and O–H groups in total. The summed E-state index contributed by atoms with van der Waals surface area (Å²) in [5.41, 5.74) is 1.10. The lowest BCUT2D eigenvalue weighted by atomic mass is 9.83. The van der Waals surface area contributed by atoms with Crippen molar-refractivity contribution in [3.05, 3.63) is 59.4 Å². The molecule has 0 spiro atoms. The number of anilines is 1. The SMILES string of the molecule is CCC(=O)N[C@H](Cc1ccc(NC(=O)[C@@H](NC(=O)Cc2cccc(O)c2)C2CCCCC2)c(F)c1)C(=O)N1CCN(C)CC1. The average Bonchev–Trinajstić information content (AvgIpc) is 3.01. The molecule has 2 atom stereocenters. The van der Waals surface area contributed by atoms with Crippen LogP contribution in [-0.4, -0.2) is 83.8 Å². The van der Waals surface area contributed by atoms with Gasteiger partial charge in [-0.3, -0.25) is 19.2 Å². The third-order valence-electron chi connectivity index (χ3n) is 8.50. The monoisotopic (exact) mass is 609 g/mol. The van der Waals surface area contributed by atoms with Gasteiger partial charge in [-0.15, -0.1) is 0 Å². The Labute approximate surface area is 258 Å². The molecule has 4 amide bonds. The zero-order valence-electron chi connectivity index (χ0n) is 25.6. The van der Waals surface area contributed by atoms with Crippen molar-refractivity contribution in [3.8, 4) is 5.75 Å². The number of benzene rings is 2. The molecule has 44 heavy (non-hydrogen) atoms. The molecule has 2 aliphatic rings. The van der Waals surface area contributed by atoms with Crippen molar-refractivity contribution >= 4 is 29.3 Å². The number of likely N-dealkylation sites (N-methyl/N-ethyl adjacent to an activating group) is 1. The minimum atomic E-state index is -0.839. The van der Waals surface area contributed by atoms with E-state index in [1.54, 1.807) is 30.0 Å². The summed E-state index contributed by atoms with van der Waals surface area (Å²) >= 11 is 0. The molecule has 1 saturated heterocycles. The quantitative estimate of drug-likeness (QED) is 0.310. The van der Waals surface area contributed by atoms with E-state index in [-0.39, 0.29) is 54.3 Å². The Morgan fingerprint density at radius 2 is 1.66 bits per heavy atom. The lowest BCUT2D eigenvalue weighted by molar-refractivity contribution is -0.137. The highest BCUT2D eigenvalue weighted by Gasteiger charge is 2.32. The van der Waals surface area contributed by atoms with Gasteiger partial charge in [0.1, 0.15) is 23.7 Å². The molecule has 11 heteroatoms. The Balaban J connectivity index is 1.44. The standard InChI is InChI=1S/C33H44FN5O5/c1-3-29(41)35-28(33(44)39-16-14-38(2)15-17-39)20-23-12-13-27(26(34)19-23)36-32(43)31(24-9-5-4-6-10-24)37-30(42)21-22-8-7-11-25(40)18-22/h7-8,11-13,18-19,24,28,31,40H,3-6,9-10,14-17,20-21H2,1-2H3,(H,35,41)(H,36,43)(H,37,42)/t28-,31+/m1/s1. The number of nitrogens with one attached hydrogen (secondary N) is 3. The molecule has 0 radical (unpaired) electrons. The topological polar surface area (TPSA) is 131 Å². The third kappa shape index (κ3) is 9.25. The highest BCUT2D eigenvalue weighted by molar-refractivity contribution is 5.97. The van der Waals surface area contributed by atoms with Gasteiger partial charge in [0.2, 0.25) is 23.6 Å². The summed E-state index contributed by atoms with van der Waals surface area (Å²) < 4.78 is 15.4. The number of amides is 4. The molecule has 1 heterocycles. The number of halogens is 1. The number of phenolic OH excluding ortho intramolecular Hbond substituents is 1. The smallest absolute Gasteiger partial charge is 0.247 e. The predicted molar refractivity (Wildman–Crippen MR) is 165 cm³/mol. The molecule has 2 aromatic rings. The fourth-order valence-electron chi connectivity index (χ4n) is 5.92. The molecule has 0 aromatic heterocycles. The maximum absolute atomic E-state index is 15.4. The molecule has 1 aliphatic carbocycles. The van der Waals surface area contributed by atoms with E-state index in [0.29, 0.717) is 24.2 Å². The number of phenols is 1. The second-order valence-electron chi connectivity index (χ2n) is 11.9. The summed E-state index contributed by atoms with van der Waals surface area (Å²) in [5, 5.41) is 18.1. The highest BCUT2D eigenvalue weighted by atomic mass is 19.1. The first-order valence-electron chi connectivity index (χ1n) is 15.6. The maximum atomic E-state index is 15.4. The number of rotatable bonds is 11. The van der Waals surface area contributed by atoms with Gasteiger partial charge in [-0.05, 0) is 61.2 Å². The van der Waals surface area contributed by atoms with Crippen LogP contribution in [0, 0.1) is 11.7 Å². The fraction of sp³-hybridized carbons (Fsp3) is 0.515. The number of aromatic hydroxyl groups is 1. The summed E-state index contributed by atoms with van der Waals surface area (Å²) in [4.78, 5) is 55.8. The van der Waals surface area contributed by atoms with Crippen LogP contribution in [-0.2, 0) is 32.0 Å². The van der Waals surface area contributed by atoms with Crippen LogP contribution in [0.1, 0.15) is 56.6 Å². The number of piperazine rings is 1. The van der Waals surface area contributed by atoms with Crippen molar-refractivity contribution in [1.29, 1.82) is 0 Å². The van der Waals surface area contributed by atoms with Crippen LogP contribution in [0.15, 0.2) is 42.5 Å². The summed E-state index contributed by atoms with van der Waals surface area (Å²) in [6.07, 6.45) is 4.84. The Bertz CT molecular complexity index is 1320. The van der Waals surface area contributed by atoms with Gasteiger partial charge in [0, 0.05) is 39.0 Å². The van der Waals surface area contributed by atoms with Gasteiger partial charge in [0.05, 0.1) is 12.1 Å². The van der Waals surface area contributed by atoms with Crippen LogP contribution in [0.5, 0.6) is 5.75 Å². The summed E-state index contributed by atoms with van der Waals surface area (Å²) in [6.45, 7) is 4.29. The molecule has 0 bridgehead atoms. The molecule has 238 valence electrons. The number of hydrogen-bond donors (Lipinski definition) is 4. The number of carbonyl (C=O) groups is 4. The normalized spacial score (nSPS) is 17.4. The predicted octanol–water partition coefficient (Wildman–Crippen LogP) is 2.99. The number of carbonyl (C=O) groups excluding carboxylic acids is 4. The first-order chi connectivity index (χ1) is 21.1. The summed E-state index contributed by atoms with van der Waals surface area (Å²) in [5.74, 6) is -2.01. The number of hydrogen-bond acceptors (Lipinski definition) is 6. The number of nitrogens with zero attached hydrogens (tertiary/aromatic N) is 2. The lowest BCUT2D eigenvalue weighted by Crippen LogP contribution is -2.54. The van der Waals surface area contributed by atoms with Crippen molar-refractivity contribution < 1.29 is 28.7 Å². The molecule has 1 aliphatic heterocycles. The largest absolute Gasteiger partial charge is 0.508 e. The Hall–Kier alpha value is -3.99. The second-order valence-corrected chi connectivity index (χ2v) is 11.9. The van der Waals surface area contributed by atoms with Crippen molar-refractivity contribution in [2.45, 2.75) is 70.4 Å². The van der Waals surface area contributed by atoms with Crippen LogP contribution >= 0.6 is 0 Å². The maximum Gasteiger partial charge on any atom is 0.247 e. The first-order valence-corrected chi connectivity index (χ1v) is 15.6. The second kappa shape index (κ2) is 15.7. The molecule has 2 fully saturated rings. The van der Waals surface area contributed by atoms with Crippen molar-refractivity contribution in [1.82, 2.24) is 20.4 Å². The van der Waals surface area contributed by atoms with Crippen LogP contribution in [0.3, 0.4) is 0 Å². The van der Waals surface area contributed by atoms with Crippen LogP contribution in [0.4, 0.5) is 10.1 Å². The lowest BCUT2D eigenvalue weighted by Gasteiger charge is -2.34. The Kier molecular flexibility index (Phi) is 11.7.